The van der Waals surface area contributed by atoms with Crippen LogP contribution in [-0.4, -0.2) is 56.7 Å². The molecule has 0 saturated heterocycles. The molecule has 0 aromatic heterocycles. The molecule has 0 radical (unpaired) electrons. The predicted octanol–water partition coefficient (Wildman–Crippen LogP) is 3.18. The van der Waals surface area contributed by atoms with E-state index in [0.717, 1.165) is 24.8 Å². The quantitative estimate of drug-likeness (QED) is 0.719. The van der Waals surface area contributed by atoms with Crippen molar-refractivity contribution in [3.8, 4) is 23.0 Å². The van der Waals surface area contributed by atoms with Gasteiger partial charge in [0.1, 0.15) is 11.5 Å². The van der Waals surface area contributed by atoms with Gasteiger partial charge in [-0.15, -0.1) is 0 Å². The van der Waals surface area contributed by atoms with Crippen LogP contribution in [0.4, 0.5) is 0 Å². The fraction of sp³-hybridized carbons (Fsp3) is 0.440. The first-order chi connectivity index (χ1) is 16.1. The van der Waals surface area contributed by atoms with Gasteiger partial charge in [0.2, 0.25) is 5.91 Å². The van der Waals surface area contributed by atoms with Crippen LogP contribution < -0.4 is 24.3 Å². The number of hydrogen-bond donors (Lipinski definition) is 1. The largest absolute Gasteiger partial charge is 0.497 e. The number of rotatable bonds is 6. The molecule has 1 N–H and O–H groups in total. The van der Waals surface area contributed by atoms with E-state index in [9.17, 15) is 9.59 Å². The molecule has 0 saturated carbocycles. The van der Waals surface area contributed by atoms with E-state index < -0.39 is 0 Å². The van der Waals surface area contributed by atoms with Gasteiger partial charge in [0.25, 0.3) is 5.91 Å². The van der Waals surface area contributed by atoms with Crippen molar-refractivity contribution < 1.29 is 28.5 Å². The maximum Gasteiger partial charge on any atom is 0.261 e. The second-order valence-electron chi connectivity index (χ2n) is 7.65. The summed E-state index contributed by atoms with van der Waals surface area (Å²) in [5.41, 5.74) is 0.780. The first kappa shape index (κ1) is 24.2. The lowest BCUT2D eigenvalue weighted by atomic mass is 10.1. The van der Waals surface area contributed by atoms with Gasteiger partial charge in [-0.2, -0.15) is 0 Å². The number of amides is 2. The number of ether oxygens (including phenoxy) is 4. The second-order valence-corrected chi connectivity index (χ2v) is 7.65. The summed E-state index contributed by atoms with van der Waals surface area (Å²) in [5, 5.41) is 2.89. The molecule has 0 atom stereocenters. The van der Waals surface area contributed by atoms with Crippen LogP contribution in [0.25, 0.3) is 0 Å². The molecule has 0 unspecified atom stereocenters. The molecular formula is C25H32N2O6. The van der Waals surface area contributed by atoms with Crippen LogP contribution in [0.5, 0.6) is 23.0 Å². The summed E-state index contributed by atoms with van der Waals surface area (Å²) in [6.07, 6.45) is 2.65. The molecule has 33 heavy (non-hydrogen) atoms. The minimum atomic E-state index is -0.310. The lowest BCUT2D eigenvalue weighted by molar-refractivity contribution is -0.138. The van der Waals surface area contributed by atoms with Crippen molar-refractivity contribution in [3.05, 3.63) is 48.0 Å². The Labute approximate surface area is 194 Å². The van der Waals surface area contributed by atoms with E-state index in [1.165, 1.54) is 4.90 Å². The average Bonchev–Trinajstić information content (AvgIpc) is 2.84. The molecule has 0 bridgehead atoms. The Balaban J connectivity index is 1.81. The molecule has 1 aliphatic rings. The summed E-state index contributed by atoms with van der Waals surface area (Å²) >= 11 is 0. The number of fused-ring (bicyclic) bond motifs is 1. The van der Waals surface area contributed by atoms with Gasteiger partial charge in [-0.05, 0) is 44.4 Å². The van der Waals surface area contributed by atoms with Crippen molar-refractivity contribution in [2.24, 2.45) is 0 Å². The standard InChI is InChI=1S/C25H32N2O6/c1-3-31-22-12-7-9-19-16-27(17-23(28)26-13-5-4-6-14-32-25(19)22)24(29)18-33-21-11-8-10-20(15-21)30-2/h7-12,15H,3-6,13-14,16-18H2,1-2H3,(H,26,28). The maximum absolute atomic E-state index is 13.1. The Hall–Kier alpha value is -3.42. The fourth-order valence-electron chi connectivity index (χ4n) is 3.52. The Bertz CT molecular complexity index is 933. The summed E-state index contributed by atoms with van der Waals surface area (Å²) in [7, 11) is 1.57. The maximum atomic E-state index is 13.1. The average molecular weight is 457 g/mol. The molecule has 0 fully saturated rings. The van der Waals surface area contributed by atoms with Gasteiger partial charge in [-0.25, -0.2) is 0 Å². The van der Waals surface area contributed by atoms with E-state index in [1.807, 2.05) is 25.1 Å². The lowest BCUT2D eigenvalue weighted by Gasteiger charge is -2.24. The molecule has 8 nitrogen and oxygen atoms in total. The third kappa shape index (κ3) is 7.30. The normalized spacial score (nSPS) is 15.0. The van der Waals surface area contributed by atoms with Crippen LogP contribution in [0.2, 0.25) is 0 Å². The Kier molecular flexibility index (Phi) is 9.23. The molecule has 1 aliphatic heterocycles. The molecule has 1 heterocycles. The Morgan fingerprint density at radius 3 is 2.70 bits per heavy atom. The molecule has 178 valence electrons. The van der Waals surface area contributed by atoms with Gasteiger partial charge in [-0.1, -0.05) is 18.2 Å². The van der Waals surface area contributed by atoms with E-state index in [2.05, 4.69) is 5.32 Å². The van der Waals surface area contributed by atoms with Gasteiger partial charge in [0, 0.05) is 18.2 Å². The smallest absolute Gasteiger partial charge is 0.261 e. The predicted molar refractivity (Wildman–Crippen MR) is 124 cm³/mol. The van der Waals surface area contributed by atoms with Crippen molar-refractivity contribution in [2.45, 2.75) is 32.7 Å². The number of carbonyl (C=O) groups is 2. The van der Waals surface area contributed by atoms with Crippen LogP contribution >= 0.6 is 0 Å². The van der Waals surface area contributed by atoms with E-state index in [4.69, 9.17) is 18.9 Å². The van der Waals surface area contributed by atoms with E-state index >= 15 is 0 Å². The molecule has 8 heteroatoms. The highest BCUT2D eigenvalue weighted by molar-refractivity contribution is 5.85. The summed E-state index contributed by atoms with van der Waals surface area (Å²) in [5.74, 6) is 1.89. The zero-order valence-corrected chi connectivity index (χ0v) is 19.3. The number of hydrogen-bond acceptors (Lipinski definition) is 6. The number of carbonyl (C=O) groups excluding carboxylic acids is 2. The molecule has 2 aromatic carbocycles. The van der Waals surface area contributed by atoms with E-state index in [-0.39, 0.29) is 31.5 Å². The topological polar surface area (TPSA) is 86.3 Å². The van der Waals surface area contributed by atoms with Gasteiger partial charge >= 0.3 is 0 Å². The van der Waals surface area contributed by atoms with Crippen LogP contribution in [0.3, 0.4) is 0 Å². The van der Waals surface area contributed by atoms with Gasteiger partial charge < -0.3 is 29.2 Å². The van der Waals surface area contributed by atoms with Crippen molar-refractivity contribution in [3.63, 3.8) is 0 Å². The number of nitrogens with one attached hydrogen (secondary N) is 1. The van der Waals surface area contributed by atoms with E-state index in [1.54, 1.807) is 31.4 Å². The number of nitrogens with zero attached hydrogens (tertiary/aromatic N) is 1. The number of para-hydroxylation sites is 1. The van der Waals surface area contributed by atoms with Gasteiger partial charge in [-0.3, -0.25) is 9.59 Å². The van der Waals surface area contributed by atoms with Crippen LogP contribution in [-0.2, 0) is 16.1 Å². The van der Waals surface area contributed by atoms with Crippen molar-refractivity contribution >= 4 is 11.8 Å². The highest BCUT2D eigenvalue weighted by Gasteiger charge is 2.22. The minimum Gasteiger partial charge on any atom is -0.497 e. The Morgan fingerprint density at radius 1 is 1.06 bits per heavy atom. The SMILES string of the molecule is CCOc1cccc2c1OCCCCCNC(=O)CN(C(=O)COc1cccc(OC)c1)C2. The first-order valence-electron chi connectivity index (χ1n) is 11.3. The highest BCUT2D eigenvalue weighted by atomic mass is 16.5. The highest BCUT2D eigenvalue weighted by Crippen LogP contribution is 2.33. The molecule has 3 rings (SSSR count). The molecule has 0 spiro atoms. The minimum absolute atomic E-state index is 0.0708. The zero-order valence-electron chi connectivity index (χ0n) is 19.3. The van der Waals surface area contributed by atoms with Crippen LogP contribution in [0.15, 0.2) is 42.5 Å². The Morgan fingerprint density at radius 2 is 1.88 bits per heavy atom. The zero-order chi connectivity index (χ0) is 23.5. The van der Waals surface area contributed by atoms with Gasteiger partial charge in [0.05, 0.1) is 33.4 Å². The lowest BCUT2D eigenvalue weighted by Crippen LogP contribution is -2.42. The third-order valence-corrected chi connectivity index (χ3v) is 5.20. The molecular weight excluding hydrogens is 424 g/mol. The van der Waals surface area contributed by atoms with Crippen molar-refractivity contribution in [1.82, 2.24) is 10.2 Å². The monoisotopic (exact) mass is 456 g/mol. The first-order valence-corrected chi connectivity index (χ1v) is 11.3. The fourth-order valence-corrected chi connectivity index (χ4v) is 3.52. The summed E-state index contributed by atoms with van der Waals surface area (Å²) in [6.45, 7) is 3.44. The number of benzene rings is 2. The molecule has 2 aromatic rings. The molecule has 2 amide bonds. The van der Waals surface area contributed by atoms with Gasteiger partial charge in [0.15, 0.2) is 18.1 Å². The third-order valence-electron chi connectivity index (χ3n) is 5.20. The van der Waals surface area contributed by atoms with Crippen molar-refractivity contribution in [2.75, 3.05) is 40.0 Å². The summed E-state index contributed by atoms with van der Waals surface area (Å²) < 4.78 is 22.7. The molecule has 0 aliphatic carbocycles. The summed E-state index contributed by atoms with van der Waals surface area (Å²) in [4.78, 5) is 27.1. The number of methoxy groups -OCH3 is 1. The second kappa shape index (κ2) is 12.6. The van der Waals surface area contributed by atoms with Crippen LogP contribution in [0.1, 0.15) is 31.7 Å². The van der Waals surface area contributed by atoms with Crippen molar-refractivity contribution in [1.29, 1.82) is 0 Å². The van der Waals surface area contributed by atoms with Crippen LogP contribution in [0, 0.1) is 0 Å². The van der Waals surface area contributed by atoms with E-state index in [0.29, 0.717) is 42.8 Å². The summed E-state index contributed by atoms with van der Waals surface area (Å²) in [6, 6.07) is 12.6.